The molecule has 0 bridgehead atoms. The van der Waals surface area contributed by atoms with Crippen LogP contribution in [-0.4, -0.2) is 46.8 Å². The maximum absolute atomic E-state index is 12.6. The Hall–Kier alpha value is -2.09. The number of para-hydroxylation sites is 2. The number of nitrogens with zero attached hydrogens (tertiary/aromatic N) is 2. The van der Waals surface area contributed by atoms with Crippen LogP contribution in [0.3, 0.4) is 0 Å². The van der Waals surface area contributed by atoms with Crippen LogP contribution in [0.1, 0.15) is 10.4 Å². The molecule has 1 N–H and O–H groups in total. The number of hydrogen-bond donors (Lipinski definition) is 1. The highest BCUT2D eigenvalue weighted by molar-refractivity contribution is 7.89. The Morgan fingerprint density at radius 2 is 1.68 bits per heavy atom. The van der Waals surface area contributed by atoms with E-state index >= 15 is 0 Å². The average Bonchev–Trinajstić information content (AvgIpc) is 2.55. The first kappa shape index (κ1) is 19.2. The second-order valence-corrected chi connectivity index (χ2v) is 8.33. The number of amides is 1. The molecule has 0 saturated heterocycles. The second-order valence-electron chi connectivity index (χ2n) is 5.80. The zero-order valence-electron chi connectivity index (χ0n) is 14.4. The lowest BCUT2D eigenvalue weighted by molar-refractivity contribution is 0.102. The van der Waals surface area contributed by atoms with Crippen molar-refractivity contribution < 1.29 is 13.2 Å². The predicted octanol–water partition coefficient (Wildman–Crippen LogP) is 2.91. The standard InChI is InChI=1S/C17H20ClN3O3S/c1-20(2)15-8-6-5-7-14(15)19-17(22)12-9-10-13(18)16(11-12)25(23,24)21(3)4/h5-11H,1-4H3,(H,19,22). The average molecular weight is 382 g/mol. The molecule has 134 valence electrons. The topological polar surface area (TPSA) is 69.7 Å². The summed E-state index contributed by atoms with van der Waals surface area (Å²) in [5, 5.41) is 2.87. The predicted molar refractivity (Wildman–Crippen MR) is 101 cm³/mol. The molecule has 1 amide bonds. The number of nitrogens with one attached hydrogen (secondary N) is 1. The first-order valence-electron chi connectivity index (χ1n) is 7.44. The van der Waals surface area contributed by atoms with E-state index < -0.39 is 15.9 Å². The number of halogens is 1. The van der Waals surface area contributed by atoms with Crippen molar-refractivity contribution in [1.29, 1.82) is 0 Å². The molecule has 0 aromatic heterocycles. The molecule has 25 heavy (non-hydrogen) atoms. The van der Waals surface area contributed by atoms with E-state index in [0.29, 0.717) is 5.69 Å². The third-order valence-electron chi connectivity index (χ3n) is 3.59. The summed E-state index contributed by atoms with van der Waals surface area (Å²) in [7, 11) is 2.81. The molecule has 8 heteroatoms. The van der Waals surface area contributed by atoms with E-state index in [1.165, 1.54) is 32.3 Å². The van der Waals surface area contributed by atoms with Gasteiger partial charge in [-0.2, -0.15) is 0 Å². The van der Waals surface area contributed by atoms with Gasteiger partial charge in [0.2, 0.25) is 10.0 Å². The van der Waals surface area contributed by atoms with Crippen molar-refractivity contribution in [3.8, 4) is 0 Å². The molecule has 0 heterocycles. The first-order valence-corrected chi connectivity index (χ1v) is 9.26. The van der Waals surface area contributed by atoms with Crippen LogP contribution in [0.5, 0.6) is 0 Å². The van der Waals surface area contributed by atoms with Gasteiger partial charge in [0.05, 0.1) is 16.4 Å². The van der Waals surface area contributed by atoms with Gasteiger partial charge in [-0.25, -0.2) is 12.7 Å². The van der Waals surface area contributed by atoms with Gasteiger partial charge in [-0.05, 0) is 30.3 Å². The Bertz CT molecular complexity index is 896. The van der Waals surface area contributed by atoms with Crippen molar-refractivity contribution in [1.82, 2.24) is 4.31 Å². The molecule has 0 aliphatic carbocycles. The van der Waals surface area contributed by atoms with E-state index in [2.05, 4.69) is 5.32 Å². The summed E-state index contributed by atoms with van der Waals surface area (Å²) in [5.74, 6) is -0.416. The van der Waals surface area contributed by atoms with E-state index in [1.807, 2.05) is 37.2 Å². The maximum Gasteiger partial charge on any atom is 0.255 e. The van der Waals surface area contributed by atoms with Crippen molar-refractivity contribution in [2.24, 2.45) is 0 Å². The van der Waals surface area contributed by atoms with E-state index in [9.17, 15) is 13.2 Å². The fraction of sp³-hybridized carbons (Fsp3) is 0.235. The van der Waals surface area contributed by atoms with E-state index in [1.54, 1.807) is 6.07 Å². The molecule has 0 atom stereocenters. The minimum Gasteiger partial charge on any atom is -0.376 e. The Balaban J connectivity index is 2.39. The number of sulfonamides is 1. The minimum absolute atomic E-state index is 0.0685. The van der Waals surface area contributed by atoms with Gasteiger partial charge < -0.3 is 10.2 Å². The smallest absolute Gasteiger partial charge is 0.255 e. The van der Waals surface area contributed by atoms with Gasteiger partial charge in [-0.15, -0.1) is 0 Å². The molecule has 2 aromatic carbocycles. The first-order chi connectivity index (χ1) is 11.6. The van der Waals surface area contributed by atoms with Crippen LogP contribution in [0.15, 0.2) is 47.4 Å². The quantitative estimate of drug-likeness (QED) is 0.864. The van der Waals surface area contributed by atoms with E-state index in [-0.39, 0.29) is 15.5 Å². The summed E-state index contributed by atoms with van der Waals surface area (Å²) in [6, 6.07) is 11.5. The molecule has 0 saturated carbocycles. The van der Waals surface area contributed by atoms with Crippen molar-refractivity contribution in [2.45, 2.75) is 4.90 Å². The van der Waals surface area contributed by atoms with Gasteiger partial charge in [0, 0.05) is 33.8 Å². The molecule has 6 nitrogen and oxygen atoms in total. The van der Waals surface area contributed by atoms with Gasteiger partial charge in [0.1, 0.15) is 4.90 Å². The normalized spacial score (nSPS) is 11.4. The highest BCUT2D eigenvalue weighted by atomic mass is 35.5. The summed E-state index contributed by atoms with van der Waals surface area (Å²) in [6.45, 7) is 0. The van der Waals surface area contributed by atoms with Crippen LogP contribution >= 0.6 is 11.6 Å². The Morgan fingerprint density at radius 3 is 2.28 bits per heavy atom. The summed E-state index contributed by atoms with van der Waals surface area (Å²) in [5.41, 5.74) is 1.67. The van der Waals surface area contributed by atoms with E-state index in [4.69, 9.17) is 11.6 Å². The third-order valence-corrected chi connectivity index (χ3v) is 5.88. The maximum atomic E-state index is 12.6. The van der Waals surface area contributed by atoms with Gasteiger partial charge in [-0.1, -0.05) is 23.7 Å². The SMILES string of the molecule is CN(C)c1ccccc1NC(=O)c1ccc(Cl)c(S(=O)(=O)N(C)C)c1. The zero-order valence-corrected chi connectivity index (χ0v) is 16.0. The number of carbonyl (C=O) groups is 1. The van der Waals surface area contributed by atoms with Gasteiger partial charge >= 0.3 is 0 Å². The highest BCUT2D eigenvalue weighted by Gasteiger charge is 2.22. The number of rotatable bonds is 5. The zero-order chi connectivity index (χ0) is 18.8. The largest absolute Gasteiger partial charge is 0.376 e. The Labute approximate surface area is 153 Å². The molecule has 0 aliphatic rings. The van der Waals surface area contributed by atoms with Crippen molar-refractivity contribution in [2.75, 3.05) is 38.4 Å². The third kappa shape index (κ3) is 4.12. The van der Waals surface area contributed by atoms with Gasteiger partial charge in [0.25, 0.3) is 5.91 Å². The molecule has 0 aliphatic heterocycles. The molecular weight excluding hydrogens is 362 g/mol. The second kappa shape index (κ2) is 7.43. The van der Waals surface area contributed by atoms with Crippen LogP contribution < -0.4 is 10.2 Å². The monoisotopic (exact) mass is 381 g/mol. The van der Waals surface area contributed by atoms with Gasteiger partial charge in [0.15, 0.2) is 0 Å². The molecule has 2 rings (SSSR count). The van der Waals surface area contributed by atoms with Crippen LogP contribution in [0, 0.1) is 0 Å². The molecule has 2 aromatic rings. The Morgan fingerprint density at radius 1 is 1.04 bits per heavy atom. The molecular formula is C17H20ClN3O3S. The van der Waals surface area contributed by atoms with E-state index in [0.717, 1.165) is 9.99 Å². The molecule has 0 spiro atoms. The Kier molecular flexibility index (Phi) is 5.72. The minimum atomic E-state index is -3.74. The fourth-order valence-corrected chi connectivity index (χ4v) is 3.60. The van der Waals surface area contributed by atoms with Crippen LogP contribution in [0.25, 0.3) is 0 Å². The fourth-order valence-electron chi connectivity index (χ4n) is 2.20. The summed E-state index contributed by atoms with van der Waals surface area (Å²) >= 11 is 6.01. The lowest BCUT2D eigenvalue weighted by Crippen LogP contribution is -2.23. The van der Waals surface area contributed by atoms with Crippen LogP contribution in [-0.2, 0) is 10.0 Å². The number of anilines is 2. The van der Waals surface area contributed by atoms with Crippen molar-refractivity contribution in [3.05, 3.63) is 53.1 Å². The summed E-state index contributed by atoms with van der Waals surface area (Å²) in [4.78, 5) is 14.3. The van der Waals surface area contributed by atoms with Crippen molar-refractivity contribution >= 4 is 38.9 Å². The molecule has 0 unspecified atom stereocenters. The summed E-state index contributed by atoms with van der Waals surface area (Å²) in [6.07, 6.45) is 0. The number of benzene rings is 2. The highest BCUT2D eigenvalue weighted by Crippen LogP contribution is 2.27. The van der Waals surface area contributed by atoms with Crippen LogP contribution in [0.4, 0.5) is 11.4 Å². The lowest BCUT2D eigenvalue weighted by Gasteiger charge is -2.18. The number of carbonyl (C=O) groups excluding carboxylic acids is 1. The molecule has 0 radical (unpaired) electrons. The number of hydrogen-bond acceptors (Lipinski definition) is 4. The van der Waals surface area contributed by atoms with Gasteiger partial charge in [-0.3, -0.25) is 4.79 Å². The summed E-state index contributed by atoms with van der Waals surface area (Å²) < 4.78 is 25.7. The molecule has 0 fully saturated rings. The van der Waals surface area contributed by atoms with Crippen LogP contribution in [0.2, 0.25) is 5.02 Å². The lowest BCUT2D eigenvalue weighted by atomic mass is 10.2. The van der Waals surface area contributed by atoms with Crippen molar-refractivity contribution in [3.63, 3.8) is 0 Å².